The van der Waals surface area contributed by atoms with Gasteiger partial charge in [-0.25, -0.2) is 9.07 Å². The molecule has 22 heavy (non-hydrogen) atoms. The number of rotatable bonds is 4. The van der Waals surface area contributed by atoms with Crippen molar-refractivity contribution in [3.05, 3.63) is 47.0 Å². The number of aromatic nitrogens is 3. The number of benzene rings is 1. The maximum Gasteiger partial charge on any atom is 0.142 e. The highest BCUT2D eigenvalue weighted by atomic mass is 35.5. The Bertz CT molecular complexity index is 636. The first-order chi connectivity index (χ1) is 10.5. The summed E-state index contributed by atoms with van der Waals surface area (Å²) in [5.41, 5.74) is 0.0172. The van der Waals surface area contributed by atoms with Crippen molar-refractivity contribution in [1.29, 1.82) is 0 Å². The second kappa shape index (κ2) is 6.32. The first-order valence-electron chi connectivity index (χ1n) is 7.27. The van der Waals surface area contributed by atoms with Crippen molar-refractivity contribution in [3.8, 4) is 0 Å². The normalized spacial score (nSPS) is 22.9. The van der Waals surface area contributed by atoms with Gasteiger partial charge in [-0.2, -0.15) is 0 Å². The molecule has 0 bridgehead atoms. The second-order valence-electron chi connectivity index (χ2n) is 5.89. The van der Waals surface area contributed by atoms with E-state index in [2.05, 4.69) is 15.2 Å². The SMILES string of the molecule is OC1(Cn2ccnn2)CCCN(Cc2ccc(Cl)c(F)c2)C1. The lowest BCUT2D eigenvalue weighted by Crippen LogP contribution is -2.50. The Kier molecular flexibility index (Phi) is 4.42. The van der Waals surface area contributed by atoms with Crippen LogP contribution in [0.2, 0.25) is 5.02 Å². The highest BCUT2D eigenvalue weighted by Crippen LogP contribution is 2.25. The topological polar surface area (TPSA) is 54.2 Å². The Morgan fingerprint density at radius 2 is 2.27 bits per heavy atom. The van der Waals surface area contributed by atoms with Crippen LogP contribution in [0.4, 0.5) is 4.39 Å². The van der Waals surface area contributed by atoms with Gasteiger partial charge in [0.1, 0.15) is 5.82 Å². The molecule has 0 aliphatic carbocycles. The van der Waals surface area contributed by atoms with Gasteiger partial charge in [0, 0.05) is 19.3 Å². The molecular formula is C15H18ClFN4O. The van der Waals surface area contributed by atoms with Crippen molar-refractivity contribution in [3.63, 3.8) is 0 Å². The van der Waals surface area contributed by atoms with Crippen LogP contribution in [0.5, 0.6) is 0 Å². The van der Waals surface area contributed by atoms with E-state index in [-0.39, 0.29) is 5.02 Å². The van der Waals surface area contributed by atoms with Gasteiger partial charge in [-0.15, -0.1) is 5.10 Å². The fourth-order valence-electron chi connectivity index (χ4n) is 2.98. The number of nitrogens with zero attached hydrogens (tertiary/aromatic N) is 4. The van der Waals surface area contributed by atoms with E-state index in [0.717, 1.165) is 24.9 Å². The Labute approximate surface area is 133 Å². The average Bonchev–Trinajstić information content (AvgIpc) is 2.95. The smallest absolute Gasteiger partial charge is 0.142 e. The van der Waals surface area contributed by atoms with Gasteiger partial charge in [-0.1, -0.05) is 22.9 Å². The molecule has 1 aromatic carbocycles. The molecule has 0 spiro atoms. The minimum absolute atomic E-state index is 0.130. The third-order valence-corrected chi connectivity index (χ3v) is 4.26. The van der Waals surface area contributed by atoms with Crippen LogP contribution in [0, 0.1) is 5.82 Å². The van der Waals surface area contributed by atoms with Gasteiger partial charge in [-0.05, 0) is 37.1 Å². The number of halogens is 2. The number of aliphatic hydroxyl groups is 1. The standard InChI is InChI=1S/C15H18ClFN4O/c16-13-3-2-12(8-14(13)17)9-20-6-1-4-15(22,10-20)11-21-7-5-18-19-21/h2-3,5,7-8,22H,1,4,6,9-11H2. The summed E-state index contributed by atoms with van der Waals surface area (Å²) < 4.78 is 15.2. The average molecular weight is 325 g/mol. The number of hydrogen-bond acceptors (Lipinski definition) is 4. The quantitative estimate of drug-likeness (QED) is 0.935. The van der Waals surface area contributed by atoms with Crippen LogP contribution in [-0.2, 0) is 13.1 Å². The Hall–Kier alpha value is -1.50. The van der Waals surface area contributed by atoms with Gasteiger partial charge < -0.3 is 5.11 Å². The molecule has 2 aromatic rings. The molecule has 7 heteroatoms. The molecular weight excluding hydrogens is 307 g/mol. The molecule has 0 saturated carbocycles. The maximum atomic E-state index is 13.5. The zero-order valence-corrected chi connectivity index (χ0v) is 12.9. The van der Waals surface area contributed by atoms with Gasteiger partial charge in [0.2, 0.25) is 0 Å². The van der Waals surface area contributed by atoms with Crippen molar-refractivity contribution in [2.75, 3.05) is 13.1 Å². The maximum absolute atomic E-state index is 13.5. The van der Waals surface area contributed by atoms with Gasteiger partial charge >= 0.3 is 0 Å². The summed E-state index contributed by atoms with van der Waals surface area (Å²) in [5, 5.41) is 18.6. The lowest BCUT2D eigenvalue weighted by Gasteiger charge is -2.39. The first-order valence-corrected chi connectivity index (χ1v) is 7.65. The van der Waals surface area contributed by atoms with E-state index in [1.165, 1.54) is 6.07 Å². The molecule has 3 rings (SSSR count). The molecule has 0 amide bonds. The summed E-state index contributed by atoms with van der Waals surface area (Å²) in [5.74, 6) is -0.408. The van der Waals surface area contributed by atoms with E-state index in [1.54, 1.807) is 23.1 Å². The van der Waals surface area contributed by atoms with Gasteiger partial charge in [0.25, 0.3) is 0 Å². The van der Waals surface area contributed by atoms with E-state index in [9.17, 15) is 9.50 Å². The zero-order chi connectivity index (χ0) is 15.6. The summed E-state index contributed by atoms with van der Waals surface area (Å²) in [4.78, 5) is 2.13. The number of piperidine rings is 1. The van der Waals surface area contributed by atoms with Gasteiger partial charge in [-0.3, -0.25) is 4.90 Å². The van der Waals surface area contributed by atoms with Crippen LogP contribution >= 0.6 is 11.6 Å². The fraction of sp³-hybridized carbons (Fsp3) is 0.467. The van der Waals surface area contributed by atoms with Crippen molar-refractivity contribution in [1.82, 2.24) is 19.9 Å². The summed E-state index contributed by atoms with van der Waals surface area (Å²) in [6.45, 7) is 2.41. The monoisotopic (exact) mass is 324 g/mol. The lowest BCUT2D eigenvalue weighted by atomic mass is 9.92. The highest BCUT2D eigenvalue weighted by Gasteiger charge is 2.33. The predicted octanol–water partition coefficient (Wildman–Crippen LogP) is 2.10. The molecule has 1 saturated heterocycles. The van der Waals surface area contributed by atoms with Crippen LogP contribution in [0.1, 0.15) is 18.4 Å². The van der Waals surface area contributed by atoms with Gasteiger partial charge in [0.05, 0.1) is 23.4 Å². The lowest BCUT2D eigenvalue weighted by molar-refractivity contribution is -0.0478. The summed E-state index contributed by atoms with van der Waals surface area (Å²) in [6.07, 6.45) is 4.95. The van der Waals surface area contributed by atoms with Crippen molar-refractivity contribution in [2.45, 2.75) is 31.5 Å². The summed E-state index contributed by atoms with van der Waals surface area (Å²) in [7, 11) is 0. The van der Waals surface area contributed by atoms with E-state index in [4.69, 9.17) is 11.6 Å². The largest absolute Gasteiger partial charge is 0.387 e. The molecule has 1 aliphatic rings. The van der Waals surface area contributed by atoms with Crippen molar-refractivity contribution < 1.29 is 9.50 Å². The van der Waals surface area contributed by atoms with Crippen LogP contribution < -0.4 is 0 Å². The van der Waals surface area contributed by atoms with Crippen molar-refractivity contribution >= 4 is 11.6 Å². The third kappa shape index (κ3) is 3.63. The Morgan fingerprint density at radius 1 is 1.41 bits per heavy atom. The number of likely N-dealkylation sites (tertiary alicyclic amines) is 1. The molecule has 5 nitrogen and oxygen atoms in total. The number of β-amino-alcohol motifs (C(OH)–C–C–N with tert-alkyl or cyclic N) is 1. The van der Waals surface area contributed by atoms with Crippen LogP contribution in [0.15, 0.2) is 30.6 Å². The molecule has 1 atom stereocenters. The summed E-state index contributed by atoms with van der Waals surface area (Å²) >= 11 is 5.70. The molecule has 1 unspecified atom stereocenters. The molecule has 118 valence electrons. The van der Waals surface area contributed by atoms with E-state index in [1.807, 2.05) is 6.07 Å². The minimum Gasteiger partial charge on any atom is -0.387 e. The predicted molar refractivity (Wildman–Crippen MR) is 80.9 cm³/mol. The second-order valence-corrected chi connectivity index (χ2v) is 6.29. The van der Waals surface area contributed by atoms with E-state index < -0.39 is 11.4 Å². The molecule has 1 aliphatic heterocycles. The number of hydrogen-bond donors (Lipinski definition) is 1. The fourth-order valence-corrected chi connectivity index (χ4v) is 3.10. The Morgan fingerprint density at radius 3 is 3.00 bits per heavy atom. The van der Waals surface area contributed by atoms with Crippen LogP contribution in [0.25, 0.3) is 0 Å². The molecule has 0 radical (unpaired) electrons. The molecule has 1 fully saturated rings. The molecule has 2 heterocycles. The first kappa shape index (κ1) is 15.4. The van der Waals surface area contributed by atoms with E-state index in [0.29, 0.717) is 19.6 Å². The molecule has 1 aromatic heterocycles. The Balaban J connectivity index is 1.66. The zero-order valence-electron chi connectivity index (χ0n) is 12.1. The van der Waals surface area contributed by atoms with E-state index >= 15 is 0 Å². The highest BCUT2D eigenvalue weighted by molar-refractivity contribution is 6.30. The van der Waals surface area contributed by atoms with Crippen LogP contribution in [0.3, 0.4) is 0 Å². The van der Waals surface area contributed by atoms with Crippen molar-refractivity contribution in [2.24, 2.45) is 0 Å². The summed E-state index contributed by atoms with van der Waals surface area (Å²) in [6, 6.07) is 4.84. The van der Waals surface area contributed by atoms with Gasteiger partial charge in [0.15, 0.2) is 0 Å². The van der Waals surface area contributed by atoms with Crippen LogP contribution in [-0.4, -0.2) is 43.7 Å². The molecule has 1 N–H and O–H groups in total. The minimum atomic E-state index is -0.836. The third-order valence-electron chi connectivity index (χ3n) is 3.95.